The summed E-state index contributed by atoms with van der Waals surface area (Å²) in [6, 6.07) is 0. The molecule has 2 aliphatic rings. The van der Waals surface area contributed by atoms with Gasteiger partial charge < -0.3 is 10.4 Å². The maximum atomic E-state index is 10.8. The number of hydrogen-bond donors (Lipinski definition) is 2. The standard InChI is InChI=1S/C11H16N2O2S/c14-11(15)10-6-16-5-9-3-1-2-8(9)4-12-7-13-10/h6-9H,1-5H2,(H,12,13)(H,14,15)/b10-6-. The first-order valence-corrected chi connectivity index (χ1v) is 6.62. The van der Waals surface area contributed by atoms with Gasteiger partial charge in [0.25, 0.3) is 0 Å². The molecule has 1 saturated carbocycles. The second-order valence-electron chi connectivity index (χ2n) is 4.26. The number of thioether (sulfide) groups is 1. The molecule has 0 bridgehead atoms. The molecule has 1 heterocycles. The molecule has 4 nitrogen and oxygen atoms in total. The fourth-order valence-electron chi connectivity index (χ4n) is 2.28. The van der Waals surface area contributed by atoms with Gasteiger partial charge in [-0.3, -0.25) is 4.99 Å². The summed E-state index contributed by atoms with van der Waals surface area (Å²) in [5.41, 5.74) is 0.213. The summed E-state index contributed by atoms with van der Waals surface area (Å²) in [4.78, 5) is 15.1. The van der Waals surface area contributed by atoms with Gasteiger partial charge in [-0.25, -0.2) is 4.79 Å². The number of carbonyl (C=O) groups is 1. The van der Waals surface area contributed by atoms with Crippen LogP contribution < -0.4 is 5.32 Å². The molecule has 2 unspecified atom stereocenters. The zero-order chi connectivity index (χ0) is 11.4. The minimum Gasteiger partial charge on any atom is -0.477 e. The Morgan fingerprint density at radius 3 is 3.12 bits per heavy atom. The Labute approximate surface area is 99.2 Å². The second kappa shape index (κ2) is 5.39. The van der Waals surface area contributed by atoms with E-state index in [4.69, 9.17) is 5.11 Å². The molecular weight excluding hydrogens is 224 g/mol. The smallest absolute Gasteiger partial charge is 0.352 e. The Balaban J connectivity index is 2.04. The fourth-order valence-corrected chi connectivity index (χ4v) is 3.40. The molecule has 16 heavy (non-hydrogen) atoms. The van der Waals surface area contributed by atoms with Gasteiger partial charge in [0.15, 0.2) is 0 Å². The van der Waals surface area contributed by atoms with Crippen LogP contribution in [0.3, 0.4) is 0 Å². The summed E-state index contributed by atoms with van der Waals surface area (Å²) >= 11 is 1.60. The Morgan fingerprint density at radius 1 is 1.50 bits per heavy atom. The van der Waals surface area contributed by atoms with E-state index in [2.05, 4.69) is 10.3 Å². The monoisotopic (exact) mass is 240 g/mol. The lowest BCUT2D eigenvalue weighted by Gasteiger charge is -2.17. The van der Waals surface area contributed by atoms with Crippen molar-refractivity contribution in [1.82, 2.24) is 5.32 Å². The summed E-state index contributed by atoms with van der Waals surface area (Å²) in [5, 5.41) is 13.3. The molecule has 0 aromatic rings. The van der Waals surface area contributed by atoms with E-state index in [1.807, 2.05) is 0 Å². The highest BCUT2D eigenvalue weighted by Crippen LogP contribution is 2.34. The first kappa shape index (κ1) is 11.5. The van der Waals surface area contributed by atoms with E-state index in [0.29, 0.717) is 11.8 Å². The molecule has 0 spiro atoms. The number of rotatable bonds is 1. The highest BCUT2D eigenvalue weighted by Gasteiger charge is 2.26. The van der Waals surface area contributed by atoms with Gasteiger partial charge in [0.05, 0.1) is 6.34 Å². The van der Waals surface area contributed by atoms with Crippen molar-refractivity contribution in [2.75, 3.05) is 12.3 Å². The first-order valence-electron chi connectivity index (χ1n) is 5.57. The number of hydrogen-bond acceptors (Lipinski definition) is 4. The number of fused-ring (bicyclic) bond motifs is 1. The third-order valence-corrected chi connectivity index (χ3v) is 4.23. The average Bonchev–Trinajstić information content (AvgIpc) is 2.70. The number of carboxylic acids is 1. The predicted octanol–water partition coefficient (Wildman–Crippen LogP) is 1.69. The molecule has 1 aliphatic carbocycles. The minimum absolute atomic E-state index is 0.213. The summed E-state index contributed by atoms with van der Waals surface area (Å²) in [7, 11) is 0. The molecule has 2 N–H and O–H groups in total. The number of nitrogens with zero attached hydrogens (tertiary/aromatic N) is 1. The summed E-state index contributed by atoms with van der Waals surface area (Å²) in [6.07, 6.45) is 5.32. The van der Waals surface area contributed by atoms with Crippen molar-refractivity contribution in [1.29, 1.82) is 0 Å². The van der Waals surface area contributed by atoms with Crippen molar-refractivity contribution < 1.29 is 9.90 Å². The number of aliphatic imine (C=N–C) groups is 1. The molecule has 0 amide bonds. The highest BCUT2D eigenvalue weighted by molar-refractivity contribution is 8.02. The topological polar surface area (TPSA) is 61.7 Å². The first-order chi connectivity index (χ1) is 7.77. The van der Waals surface area contributed by atoms with Crippen molar-refractivity contribution >= 4 is 24.1 Å². The quantitative estimate of drug-likeness (QED) is 0.732. The van der Waals surface area contributed by atoms with Crippen LogP contribution in [-0.4, -0.2) is 29.7 Å². The third kappa shape index (κ3) is 2.78. The van der Waals surface area contributed by atoms with Gasteiger partial charge in [0.1, 0.15) is 5.70 Å². The van der Waals surface area contributed by atoms with E-state index < -0.39 is 5.97 Å². The van der Waals surface area contributed by atoms with Gasteiger partial charge >= 0.3 is 5.97 Å². The van der Waals surface area contributed by atoms with E-state index >= 15 is 0 Å². The molecule has 1 fully saturated rings. The van der Waals surface area contributed by atoms with Crippen LogP contribution in [0.1, 0.15) is 19.3 Å². The fraction of sp³-hybridized carbons (Fsp3) is 0.636. The average molecular weight is 240 g/mol. The molecule has 0 aromatic carbocycles. The molecule has 2 rings (SSSR count). The van der Waals surface area contributed by atoms with Crippen LogP contribution in [0.15, 0.2) is 16.1 Å². The predicted molar refractivity (Wildman–Crippen MR) is 65.5 cm³/mol. The molecule has 1 aliphatic heterocycles. The normalized spacial score (nSPS) is 33.4. The maximum absolute atomic E-state index is 10.8. The van der Waals surface area contributed by atoms with Crippen LogP contribution in [0.5, 0.6) is 0 Å². The van der Waals surface area contributed by atoms with Gasteiger partial charge in [-0.15, -0.1) is 11.8 Å². The van der Waals surface area contributed by atoms with E-state index in [9.17, 15) is 4.79 Å². The zero-order valence-electron chi connectivity index (χ0n) is 9.06. The molecule has 2 atom stereocenters. The van der Waals surface area contributed by atoms with Crippen molar-refractivity contribution in [3.8, 4) is 0 Å². The summed E-state index contributed by atoms with van der Waals surface area (Å²) in [6.45, 7) is 0.825. The van der Waals surface area contributed by atoms with Crippen molar-refractivity contribution in [3.63, 3.8) is 0 Å². The zero-order valence-corrected chi connectivity index (χ0v) is 9.87. The molecule has 88 valence electrons. The second-order valence-corrected chi connectivity index (χ2v) is 5.16. The number of aliphatic carboxylic acids is 1. The van der Waals surface area contributed by atoms with E-state index in [0.717, 1.165) is 12.3 Å². The van der Waals surface area contributed by atoms with Gasteiger partial charge in [0.2, 0.25) is 0 Å². The van der Waals surface area contributed by atoms with E-state index in [-0.39, 0.29) is 5.70 Å². The largest absolute Gasteiger partial charge is 0.477 e. The summed E-state index contributed by atoms with van der Waals surface area (Å²) in [5.74, 6) is 1.47. The van der Waals surface area contributed by atoms with Crippen LogP contribution in [0.4, 0.5) is 0 Å². The van der Waals surface area contributed by atoms with E-state index in [1.165, 1.54) is 25.6 Å². The van der Waals surface area contributed by atoms with Crippen molar-refractivity contribution in [2.24, 2.45) is 16.8 Å². The van der Waals surface area contributed by atoms with Gasteiger partial charge in [-0.05, 0) is 24.7 Å². The summed E-state index contributed by atoms with van der Waals surface area (Å²) < 4.78 is 0. The minimum atomic E-state index is -0.928. The third-order valence-electron chi connectivity index (χ3n) is 3.21. The van der Waals surface area contributed by atoms with Crippen molar-refractivity contribution in [2.45, 2.75) is 19.3 Å². The molecule has 0 radical (unpaired) electrons. The SMILES string of the molecule is O=C(O)/C1=C/SCC2CCCC2CN=CN1. The lowest BCUT2D eigenvalue weighted by Crippen LogP contribution is -2.21. The van der Waals surface area contributed by atoms with E-state index in [1.54, 1.807) is 17.2 Å². The van der Waals surface area contributed by atoms with Crippen LogP contribution >= 0.6 is 11.8 Å². The Kier molecular flexibility index (Phi) is 3.88. The molecule has 5 heteroatoms. The maximum Gasteiger partial charge on any atom is 0.352 e. The van der Waals surface area contributed by atoms with Crippen LogP contribution in [0.25, 0.3) is 0 Å². The number of carboxylic acid groups (broad SMARTS) is 1. The Bertz CT molecular complexity index is 328. The molecular formula is C11H16N2O2S. The lowest BCUT2D eigenvalue weighted by molar-refractivity contribution is -0.132. The van der Waals surface area contributed by atoms with Gasteiger partial charge in [-0.1, -0.05) is 6.42 Å². The van der Waals surface area contributed by atoms with Crippen molar-refractivity contribution in [3.05, 3.63) is 11.1 Å². The molecule has 0 saturated heterocycles. The van der Waals surface area contributed by atoms with Crippen LogP contribution in [0.2, 0.25) is 0 Å². The van der Waals surface area contributed by atoms with Gasteiger partial charge in [-0.2, -0.15) is 0 Å². The molecule has 0 aromatic heterocycles. The van der Waals surface area contributed by atoms with Crippen LogP contribution in [-0.2, 0) is 4.79 Å². The Hall–Kier alpha value is -0.970. The Morgan fingerprint density at radius 2 is 2.31 bits per heavy atom. The van der Waals surface area contributed by atoms with Crippen LogP contribution in [0, 0.1) is 11.8 Å². The number of nitrogens with one attached hydrogen (secondary N) is 1. The lowest BCUT2D eigenvalue weighted by atomic mass is 9.98. The van der Waals surface area contributed by atoms with Gasteiger partial charge in [0, 0.05) is 17.7 Å². The highest BCUT2D eigenvalue weighted by atomic mass is 32.2.